The topological polar surface area (TPSA) is 68.5 Å². The Labute approximate surface area is 150 Å². The van der Waals surface area contributed by atoms with E-state index in [9.17, 15) is 4.79 Å². The number of rotatable bonds is 1. The van der Waals surface area contributed by atoms with Gasteiger partial charge < -0.3 is 14.1 Å². The van der Waals surface area contributed by atoms with Gasteiger partial charge in [-0.15, -0.1) is 0 Å². The largest absolute Gasteiger partial charge is 0.472 e. The molecule has 0 spiro atoms. The molecular formula is C20H19N3O3. The van der Waals surface area contributed by atoms with E-state index in [1.165, 1.54) is 0 Å². The minimum atomic E-state index is -0.189. The lowest BCUT2D eigenvalue weighted by atomic mass is 9.89. The van der Waals surface area contributed by atoms with Crippen molar-refractivity contribution in [2.75, 3.05) is 11.6 Å². The van der Waals surface area contributed by atoms with E-state index in [-0.39, 0.29) is 5.63 Å². The van der Waals surface area contributed by atoms with Crippen LogP contribution in [0.2, 0.25) is 0 Å². The molecule has 0 atom stereocenters. The Kier molecular flexibility index (Phi) is 3.45. The SMILES string of the molecule is Cc1c2c(cc3c4c(c(=O)oc13)CCCC4)CN(c1ncccn1)CO2. The van der Waals surface area contributed by atoms with E-state index < -0.39 is 0 Å². The number of ether oxygens (including phenoxy) is 1. The summed E-state index contributed by atoms with van der Waals surface area (Å²) in [6.45, 7) is 3.01. The molecule has 0 fully saturated rings. The van der Waals surface area contributed by atoms with Crippen molar-refractivity contribution in [1.29, 1.82) is 0 Å². The molecule has 5 rings (SSSR count). The number of hydrogen-bond donors (Lipinski definition) is 0. The Morgan fingerprint density at radius 1 is 1.12 bits per heavy atom. The lowest BCUT2D eigenvalue weighted by molar-refractivity contribution is 0.285. The molecule has 1 aliphatic carbocycles. The van der Waals surface area contributed by atoms with Crippen LogP contribution in [0.25, 0.3) is 11.0 Å². The van der Waals surface area contributed by atoms with Crippen molar-refractivity contribution in [3.05, 3.63) is 57.2 Å². The first kappa shape index (κ1) is 15.4. The molecule has 3 aromatic rings. The van der Waals surface area contributed by atoms with Crippen molar-refractivity contribution in [1.82, 2.24) is 9.97 Å². The molecule has 0 saturated heterocycles. The third-order valence-electron chi connectivity index (χ3n) is 5.33. The monoisotopic (exact) mass is 349 g/mol. The van der Waals surface area contributed by atoms with Gasteiger partial charge in [-0.2, -0.15) is 0 Å². The van der Waals surface area contributed by atoms with Crippen molar-refractivity contribution in [3.8, 4) is 5.75 Å². The Balaban J connectivity index is 1.67. The lowest BCUT2D eigenvalue weighted by Gasteiger charge is -2.30. The van der Waals surface area contributed by atoms with Crippen LogP contribution in [-0.4, -0.2) is 16.7 Å². The molecule has 2 aliphatic rings. The number of aromatic nitrogens is 2. The van der Waals surface area contributed by atoms with Gasteiger partial charge in [-0.25, -0.2) is 14.8 Å². The van der Waals surface area contributed by atoms with Crippen LogP contribution in [0.15, 0.2) is 33.7 Å². The summed E-state index contributed by atoms with van der Waals surface area (Å²) in [5.41, 5.74) is 4.46. The summed E-state index contributed by atoms with van der Waals surface area (Å²) < 4.78 is 11.7. The zero-order valence-corrected chi connectivity index (χ0v) is 14.6. The Morgan fingerprint density at radius 3 is 2.69 bits per heavy atom. The Hall–Kier alpha value is -2.89. The molecule has 0 amide bonds. The summed E-state index contributed by atoms with van der Waals surface area (Å²) in [6, 6.07) is 3.92. The van der Waals surface area contributed by atoms with Gasteiger partial charge in [0.1, 0.15) is 11.3 Å². The minimum Gasteiger partial charge on any atom is -0.472 e. The summed E-state index contributed by atoms with van der Waals surface area (Å²) in [5, 5.41) is 1.05. The van der Waals surface area contributed by atoms with E-state index >= 15 is 0 Å². The zero-order valence-electron chi connectivity index (χ0n) is 14.6. The Bertz CT molecular complexity index is 1060. The predicted octanol–water partition coefficient (Wildman–Crippen LogP) is 3.13. The second-order valence-corrected chi connectivity index (χ2v) is 6.94. The standard InChI is InChI=1S/C20H19N3O3/c1-12-17-13(10-23(11-25-17)20-21-7-4-8-22-20)9-16-14-5-2-3-6-15(14)19(24)26-18(12)16/h4,7-9H,2-3,5-6,10-11H2,1H3. The number of anilines is 1. The molecule has 0 radical (unpaired) electrons. The quantitative estimate of drug-likeness (QED) is 0.629. The van der Waals surface area contributed by atoms with Gasteiger partial charge in [0.2, 0.25) is 5.95 Å². The van der Waals surface area contributed by atoms with Crippen LogP contribution < -0.4 is 15.3 Å². The molecule has 3 heterocycles. The van der Waals surface area contributed by atoms with Crippen molar-refractivity contribution >= 4 is 16.9 Å². The molecule has 6 heteroatoms. The third kappa shape index (κ3) is 2.29. The summed E-state index contributed by atoms with van der Waals surface area (Å²) in [6.07, 6.45) is 7.37. The molecule has 0 N–H and O–H groups in total. The van der Waals surface area contributed by atoms with Crippen molar-refractivity contribution < 1.29 is 9.15 Å². The smallest absolute Gasteiger partial charge is 0.339 e. The normalized spacial score (nSPS) is 16.1. The van der Waals surface area contributed by atoms with Crippen molar-refractivity contribution in [2.24, 2.45) is 0 Å². The number of aryl methyl sites for hydroxylation is 2. The first-order valence-corrected chi connectivity index (χ1v) is 8.98. The van der Waals surface area contributed by atoms with Crippen LogP contribution in [0.3, 0.4) is 0 Å². The predicted molar refractivity (Wildman–Crippen MR) is 97.6 cm³/mol. The number of fused-ring (bicyclic) bond motifs is 4. The van der Waals surface area contributed by atoms with Gasteiger partial charge in [0.25, 0.3) is 0 Å². The van der Waals surface area contributed by atoms with E-state index in [2.05, 4.69) is 16.0 Å². The fraction of sp³-hybridized carbons (Fsp3) is 0.350. The fourth-order valence-electron chi connectivity index (χ4n) is 4.08. The van der Waals surface area contributed by atoms with E-state index in [0.29, 0.717) is 24.8 Å². The maximum absolute atomic E-state index is 12.4. The van der Waals surface area contributed by atoms with Gasteiger partial charge in [0.15, 0.2) is 6.73 Å². The number of nitrogens with zero attached hydrogens (tertiary/aromatic N) is 3. The third-order valence-corrected chi connectivity index (χ3v) is 5.33. The zero-order chi connectivity index (χ0) is 17.7. The molecule has 0 unspecified atom stereocenters. The van der Waals surface area contributed by atoms with E-state index in [4.69, 9.17) is 9.15 Å². The van der Waals surface area contributed by atoms with Crippen LogP contribution in [0.4, 0.5) is 5.95 Å². The second kappa shape index (κ2) is 5.83. The molecule has 1 aliphatic heterocycles. The average molecular weight is 349 g/mol. The highest BCUT2D eigenvalue weighted by atomic mass is 16.5. The van der Waals surface area contributed by atoms with E-state index in [1.54, 1.807) is 18.5 Å². The molecule has 132 valence electrons. The van der Waals surface area contributed by atoms with Gasteiger partial charge in [-0.3, -0.25) is 0 Å². The second-order valence-electron chi connectivity index (χ2n) is 6.94. The number of benzene rings is 1. The first-order chi connectivity index (χ1) is 12.7. The van der Waals surface area contributed by atoms with Crippen LogP contribution >= 0.6 is 0 Å². The summed E-state index contributed by atoms with van der Waals surface area (Å²) >= 11 is 0. The minimum absolute atomic E-state index is 0.189. The highest BCUT2D eigenvalue weighted by Gasteiger charge is 2.26. The summed E-state index contributed by atoms with van der Waals surface area (Å²) in [5.74, 6) is 1.46. The molecule has 26 heavy (non-hydrogen) atoms. The first-order valence-electron chi connectivity index (χ1n) is 8.98. The Morgan fingerprint density at radius 2 is 1.88 bits per heavy atom. The van der Waals surface area contributed by atoms with Crippen LogP contribution in [0.1, 0.15) is 35.1 Å². The number of hydrogen-bond acceptors (Lipinski definition) is 6. The average Bonchev–Trinajstić information content (AvgIpc) is 2.70. The van der Waals surface area contributed by atoms with Gasteiger partial charge in [-0.05, 0) is 50.3 Å². The molecule has 2 aromatic heterocycles. The molecule has 0 bridgehead atoms. The van der Waals surface area contributed by atoms with E-state index in [0.717, 1.165) is 59.1 Å². The highest BCUT2D eigenvalue weighted by molar-refractivity contribution is 5.87. The van der Waals surface area contributed by atoms with Crippen molar-refractivity contribution in [2.45, 2.75) is 39.2 Å². The van der Waals surface area contributed by atoms with Gasteiger partial charge in [-0.1, -0.05) is 0 Å². The van der Waals surface area contributed by atoms with E-state index in [1.807, 2.05) is 11.8 Å². The maximum Gasteiger partial charge on any atom is 0.339 e. The lowest BCUT2D eigenvalue weighted by Crippen LogP contribution is -2.33. The van der Waals surface area contributed by atoms with Crippen molar-refractivity contribution in [3.63, 3.8) is 0 Å². The van der Waals surface area contributed by atoms with Gasteiger partial charge in [0.05, 0.1) is 6.54 Å². The van der Waals surface area contributed by atoms with Crippen LogP contribution in [0.5, 0.6) is 5.75 Å². The van der Waals surface area contributed by atoms with Gasteiger partial charge in [0, 0.05) is 34.5 Å². The molecule has 6 nitrogen and oxygen atoms in total. The van der Waals surface area contributed by atoms with Crippen LogP contribution in [-0.2, 0) is 19.4 Å². The molecular weight excluding hydrogens is 330 g/mol. The van der Waals surface area contributed by atoms with Gasteiger partial charge >= 0.3 is 5.63 Å². The maximum atomic E-state index is 12.4. The fourth-order valence-corrected chi connectivity index (χ4v) is 4.08. The highest BCUT2D eigenvalue weighted by Crippen LogP contribution is 2.38. The van der Waals surface area contributed by atoms with Crippen LogP contribution in [0, 0.1) is 6.92 Å². The molecule has 0 saturated carbocycles. The summed E-state index contributed by atoms with van der Waals surface area (Å²) in [4.78, 5) is 23.0. The molecule has 1 aromatic carbocycles. The summed E-state index contributed by atoms with van der Waals surface area (Å²) in [7, 11) is 0.